The highest BCUT2D eigenvalue weighted by molar-refractivity contribution is 5.38. The van der Waals surface area contributed by atoms with Gasteiger partial charge in [0.1, 0.15) is 5.75 Å². The molecule has 3 aliphatic carbocycles. The Kier molecular flexibility index (Phi) is 7.69. The van der Waals surface area contributed by atoms with E-state index in [1.54, 1.807) is 5.57 Å². The Balaban J connectivity index is 1.45. The van der Waals surface area contributed by atoms with Crippen molar-refractivity contribution in [2.24, 2.45) is 29.1 Å². The van der Waals surface area contributed by atoms with Gasteiger partial charge in [-0.3, -0.25) is 0 Å². The van der Waals surface area contributed by atoms with Crippen molar-refractivity contribution in [2.45, 2.75) is 91.3 Å². The molecule has 0 aliphatic heterocycles. The van der Waals surface area contributed by atoms with Gasteiger partial charge in [0.2, 0.25) is 0 Å². The van der Waals surface area contributed by atoms with Crippen molar-refractivity contribution in [3.63, 3.8) is 0 Å². The lowest BCUT2D eigenvalue weighted by molar-refractivity contribution is 0.0727. The Labute approximate surface area is 213 Å². The topological polar surface area (TPSA) is 49.7 Å². The summed E-state index contributed by atoms with van der Waals surface area (Å²) in [5.74, 6) is 2.96. The number of ether oxygens (including phenoxy) is 1. The van der Waals surface area contributed by atoms with E-state index in [2.05, 4.69) is 39.5 Å². The molecule has 0 bridgehead atoms. The molecule has 3 fully saturated rings. The predicted molar refractivity (Wildman–Crippen MR) is 144 cm³/mol. The van der Waals surface area contributed by atoms with Crippen molar-refractivity contribution in [3.05, 3.63) is 65.3 Å². The SMILES string of the molecule is C=C1/C(=C\C=C2/CCC[C@]3(C)[C@@H]([C@@H](C)COc4cccc(C(C)(C)O)c4)CC[C@@H]23)C[C@@H](O)C[C@@H]1C. The Hall–Kier alpha value is -1.84. The number of allylic oxidation sites excluding steroid dienone is 4. The number of hydrogen-bond acceptors (Lipinski definition) is 3. The fourth-order valence-electron chi connectivity index (χ4n) is 7.24. The molecule has 1 aromatic carbocycles. The van der Waals surface area contributed by atoms with Crippen molar-refractivity contribution >= 4 is 0 Å². The molecule has 3 saturated carbocycles. The second kappa shape index (κ2) is 10.3. The number of hydrogen-bond donors (Lipinski definition) is 2. The molecule has 4 rings (SSSR count). The van der Waals surface area contributed by atoms with Crippen LogP contribution in [0.15, 0.2) is 59.7 Å². The standard InChI is InChI=1S/C32H46O3/c1-21-17-27(33)18-25(23(21)3)13-12-24-9-8-16-32(6)29(14-15-30(24)32)22(2)20-35-28-11-7-10-26(19-28)31(4,5)34/h7,10-13,19,21-22,27,29-30,33-34H,3,8-9,14-18,20H2,1-2,4-6H3/b24-12+,25-13-/t21-,22-,27-,29+,30-,32+/m0/s1. The normalized spacial score (nSPS) is 34.8. The molecule has 3 aliphatic rings. The molecular formula is C32H46O3. The van der Waals surface area contributed by atoms with Crippen LogP contribution in [0.3, 0.4) is 0 Å². The molecule has 0 amide bonds. The lowest BCUT2D eigenvalue weighted by Crippen LogP contribution is -2.37. The van der Waals surface area contributed by atoms with E-state index >= 15 is 0 Å². The minimum Gasteiger partial charge on any atom is -0.493 e. The van der Waals surface area contributed by atoms with Gasteiger partial charge in [-0.15, -0.1) is 0 Å². The van der Waals surface area contributed by atoms with Gasteiger partial charge >= 0.3 is 0 Å². The molecular weight excluding hydrogens is 432 g/mol. The molecule has 2 N–H and O–H groups in total. The maximum Gasteiger partial charge on any atom is 0.119 e. The molecule has 0 unspecified atom stereocenters. The highest BCUT2D eigenvalue weighted by Gasteiger charge is 2.50. The van der Waals surface area contributed by atoms with E-state index in [-0.39, 0.29) is 6.10 Å². The summed E-state index contributed by atoms with van der Waals surface area (Å²) in [6, 6.07) is 7.88. The lowest BCUT2D eigenvalue weighted by atomic mass is 9.61. The van der Waals surface area contributed by atoms with E-state index in [4.69, 9.17) is 4.74 Å². The highest BCUT2D eigenvalue weighted by atomic mass is 16.5. The van der Waals surface area contributed by atoms with Gasteiger partial charge in [-0.2, -0.15) is 0 Å². The number of rotatable bonds is 6. The second-order valence-electron chi connectivity index (χ2n) is 12.4. The zero-order valence-corrected chi connectivity index (χ0v) is 22.5. The van der Waals surface area contributed by atoms with Gasteiger partial charge in [0.05, 0.1) is 18.3 Å². The van der Waals surface area contributed by atoms with Crippen LogP contribution in [0.5, 0.6) is 5.75 Å². The Bertz CT molecular complexity index is 981. The van der Waals surface area contributed by atoms with E-state index in [9.17, 15) is 10.2 Å². The van der Waals surface area contributed by atoms with E-state index in [0.29, 0.717) is 35.7 Å². The van der Waals surface area contributed by atoms with Crippen molar-refractivity contribution in [1.82, 2.24) is 0 Å². The van der Waals surface area contributed by atoms with Gasteiger partial charge in [0, 0.05) is 0 Å². The van der Waals surface area contributed by atoms with Crippen LogP contribution in [0.2, 0.25) is 0 Å². The van der Waals surface area contributed by atoms with Gasteiger partial charge in [-0.25, -0.2) is 0 Å². The van der Waals surface area contributed by atoms with Crippen LogP contribution in [0, 0.1) is 29.1 Å². The minimum atomic E-state index is -0.864. The summed E-state index contributed by atoms with van der Waals surface area (Å²) >= 11 is 0. The molecule has 0 radical (unpaired) electrons. The van der Waals surface area contributed by atoms with Gasteiger partial charge in [0.15, 0.2) is 0 Å². The average molecular weight is 479 g/mol. The Morgan fingerprint density at radius 1 is 1.26 bits per heavy atom. The second-order valence-corrected chi connectivity index (χ2v) is 12.4. The monoisotopic (exact) mass is 478 g/mol. The van der Waals surface area contributed by atoms with Crippen molar-refractivity contribution in [2.75, 3.05) is 6.61 Å². The van der Waals surface area contributed by atoms with Gasteiger partial charge in [-0.05, 0) is 117 Å². The summed E-state index contributed by atoms with van der Waals surface area (Å²) < 4.78 is 6.26. The third kappa shape index (κ3) is 5.62. The van der Waals surface area contributed by atoms with Crippen LogP contribution in [0.25, 0.3) is 0 Å². The summed E-state index contributed by atoms with van der Waals surface area (Å²) in [5, 5.41) is 20.6. The third-order valence-electron chi connectivity index (χ3n) is 9.37. The van der Waals surface area contributed by atoms with Crippen LogP contribution in [-0.4, -0.2) is 22.9 Å². The van der Waals surface area contributed by atoms with Crippen LogP contribution in [0.1, 0.15) is 85.1 Å². The summed E-state index contributed by atoms with van der Waals surface area (Å²) in [4.78, 5) is 0. The van der Waals surface area contributed by atoms with E-state index < -0.39 is 5.60 Å². The van der Waals surface area contributed by atoms with E-state index in [1.807, 2.05) is 38.1 Å². The van der Waals surface area contributed by atoms with Crippen LogP contribution in [0.4, 0.5) is 0 Å². The first-order valence-electron chi connectivity index (χ1n) is 13.7. The van der Waals surface area contributed by atoms with Crippen molar-refractivity contribution in [1.29, 1.82) is 0 Å². The maximum absolute atomic E-state index is 10.3. The summed E-state index contributed by atoms with van der Waals surface area (Å²) in [6.07, 6.45) is 12.2. The zero-order valence-electron chi connectivity index (χ0n) is 22.5. The highest BCUT2D eigenvalue weighted by Crippen LogP contribution is 2.59. The molecule has 3 heteroatoms. The summed E-state index contributed by atoms with van der Waals surface area (Å²) in [6.45, 7) is 15.7. The number of benzene rings is 1. The first-order chi connectivity index (χ1) is 16.5. The molecule has 0 aromatic heterocycles. The molecule has 192 valence electrons. The molecule has 6 atom stereocenters. The largest absolute Gasteiger partial charge is 0.493 e. The maximum atomic E-state index is 10.3. The van der Waals surface area contributed by atoms with E-state index in [0.717, 1.165) is 24.2 Å². The van der Waals surface area contributed by atoms with Crippen LogP contribution < -0.4 is 4.74 Å². The lowest BCUT2D eigenvalue weighted by Gasteiger charge is -2.44. The fraction of sp³-hybridized carbons (Fsp3) is 0.625. The predicted octanol–water partition coefficient (Wildman–Crippen LogP) is 7.35. The Morgan fingerprint density at radius 2 is 2.03 bits per heavy atom. The summed E-state index contributed by atoms with van der Waals surface area (Å²) in [5.41, 5.74) is 4.37. The molecule has 0 heterocycles. The number of aliphatic hydroxyl groups excluding tert-OH is 1. The van der Waals surface area contributed by atoms with Gasteiger partial charge in [-0.1, -0.05) is 57.2 Å². The molecule has 1 aromatic rings. The quantitative estimate of drug-likeness (QED) is 0.449. The number of aliphatic hydroxyl groups is 2. The summed E-state index contributed by atoms with van der Waals surface area (Å²) in [7, 11) is 0. The van der Waals surface area contributed by atoms with Crippen LogP contribution in [-0.2, 0) is 5.60 Å². The molecule has 0 spiro atoms. The average Bonchev–Trinajstić information content (AvgIpc) is 3.16. The zero-order chi connectivity index (χ0) is 25.4. The fourth-order valence-corrected chi connectivity index (χ4v) is 7.24. The van der Waals surface area contributed by atoms with Crippen molar-refractivity contribution in [3.8, 4) is 5.75 Å². The molecule has 0 saturated heterocycles. The molecule has 3 nitrogen and oxygen atoms in total. The molecule has 35 heavy (non-hydrogen) atoms. The number of fused-ring (bicyclic) bond motifs is 1. The van der Waals surface area contributed by atoms with E-state index in [1.165, 1.54) is 43.3 Å². The van der Waals surface area contributed by atoms with Gasteiger partial charge in [0.25, 0.3) is 0 Å². The third-order valence-corrected chi connectivity index (χ3v) is 9.37. The first kappa shape index (κ1) is 26.2. The van der Waals surface area contributed by atoms with Crippen LogP contribution >= 0.6 is 0 Å². The Morgan fingerprint density at radius 3 is 2.77 bits per heavy atom. The minimum absolute atomic E-state index is 0.238. The van der Waals surface area contributed by atoms with Crippen molar-refractivity contribution < 1.29 is 14.9 Å². The first-order valence-corrected chi connectivity index (χ1v) is 13.7. The smallest absolute Gasteiger partial charge is 0.119 e. The van der Waals surface area contributed by atoms with Gasteiger partial charge < -0.3 is 14.9 Å².